The number of H-pyrrole nitrogens is 1. The lowest BCUT2D eigenvalue weighted by atomic mass is 9.91. The quantitative estimate of drug-likeness (QED) is 0.462. The Balaban J connectivity index is 1.57. The van der Waals surface area contributed by atoms with Crippen LogP contribution in [0, 0.1) is 0 Å². The molecule has 1 atom stereocenters. The van der Waals surface area contributed by atoms with Crippen LogP contribution in [0.1, 0.15) is 52.6 Å². The van der Waals surface area contributed by atoms with Crippen molar-refractivity contribution >= 4 is 28.5 Å². The van der Waals surface area contributed by atoms with Crippen molar-refractivity contribution < 1.29 is 9.53 Å². The number of ether oxygens (including phenoxy) is 1. The molecule has 8 nitrogen and oxygen atoms in total. The maximum Gasteiger partial charge on any atom is 0.255 e. The van der Waals surface area contributed by atoms with Gasteiger partial charge in [-0.25, -0.2) is 0 Å². The van der Waals surface area contributed by atoms with Gasteiger partial charge >= 0.3 is 0 Å². The van der Waals surface area contributed by atoms with Gasteiger partial charge < -0.3 is 9.64 Å². The van der Waals surface area contributed by atoms with Gasteiger partial charge in [-0.1, -0.05) is 29.8 Å². The van der Waals surface area contributed by atoms with E-state index in [9.17, 15) is 4.79 Å². The average Bonchev–Trinajstić information content (AvgIpc) is 3.47. The molecule has 0 aliphatic carbocycles. The Kier molecular flexibility index (Phi) is 5.22. The number of hydrogen-bond donors (Lipinski definition) is 1. The van der Waals surface area contributed by atoms with Crippen molar-refractivity contribution in [3.05, 3.63) is 75.6 Å². The van der Waals surface area contributed by atoms with Crippen LogP contribution < -0.4 is 0 Å². The largest absolute Gasteiger partial charge is 0.374 e. The van der Waals surface area contributed by atoms with E-state index >= 15 is 0 Å². The van der Waals surface area contributed by atoms with E-state index in [1.165, 1.54) is 0 Å². The molecule has 0 radical (unpaired) electrons. The number of benzene rings is 2. The van der Waals surface area contributed by atoms with Crippen molar-refractivity contribution in [3.8, 4) is 0 Å². The van der Waals surface area contributed by atoms with Gasteiger partial charge in [0.15, 0.2) is 0 Å². The summed E-state index contributed by atoms with van der Waals surface area (Å²) in [5, 5.41) is 15.8. The van der Waals surface area contributed by atoms with Gasteiger partial charge in [0.05, 0.1) is 28.6 Å². The number of nitrogens with one attached hydrogen (secondary N) is 1. The first-order chi connectivity index (χ1) is 15.8. The monoisotopic (exact) mass is 464 g/mol. The first-order valence-electron chi connectivity index (χ1n) is 10.7. The van der Waals surface area contributed by atoms with Crippen LogP contribution in [0.2, 0.25) is 5.02 Å². The molecule has 4 aromatic rings. The summed E-state index contributed by atoms with van der Waals surface area (Å²) in [4.78, 5) is 15.5. The van der Waals surface area contributed by atoms with Crippen molar-refractivity contribution in [1.82, 2.24) is 30.1 Å². The summed E-state index contributed by atoms with van der Waals surface area (Å²) >= 11 is 6.45. The molecule has 1 aliphatic heterocycles. The van der Waals surface area contributed by atoms with E-state index in [4.69, 9.17) is 16.3 Å². The van der Waals surface area contributed by atoms with Crippen LogP contribution in [0.4, 0.5) is 0 Å². The molecule has 2 aromatic heterocycles. The van der Waals surface area contributed by atoms with Crippen LogP contribution in [-0.4, -0.2) is 43.1 Å². The lowest BCUT2D eigenvalue weighted by Gasteiger charge is -2.27. The fraction of sp³-hybridized carbons (Fsp3) is 0.333. The third kappa shape index (κ3) is 3.69. The third-order valence-electron chi connectivity index (χ3n) is 6.61. The molecule has 9 heteroatoms. The lowest BCUT2D eigenvalue weighted by Crippen LogP contribution is -2.29. The van der Waals surface area contributed by atoms with Gasteiger partial charge in [0.2, 0.25) is 0 Å². The maximum absolute atomic E-state index is 13.6. The predicted octanol–water partition coefficient (Wildman–Crippen LogP) is 4.17. The molecule has 1 unspecified atom stereocenters. The Morgan fingerprint density at radius 3 is 2.67 bits per heavy atom. The number of amides is 1. The lowest BCUT2D eigenvalue weighted by molar-refractivity contribution is 0.0191. The Morgan fingerprint density at radius 1 is 1.15 bits per heavy atom. The number of nitrogens with zero attached hydrogens (tertiary/aromatic N) is 5. The summed E-state index contributed by atoms with van der Waals surface area (Å²) in [6.07, 6.45) is 2.19. The van der Waals surface area contributed by atoms with Gasteiger partial charge in [0.25, 0.3) is 5.91 Å². The van der Waals surface area contributed by atoms with Gasteiger partial charge in [-0.2, -0.15) is 20.5 Å². The topological polar surface area (TPSA) is 88.9 Å². The molecule has 0 saturated carbocycles. The maximum atomic E-state index is 13.6. The zero-order chi connectivity index (χ0) is 23.3. The molecule has 2 aromatic carbocycles. The molecule has 1 N–H and O–H groups in total. The fourth-order valence-electron chi connectivity index (χ4n) is 4.42. The van der Waals surface area contributed by atoms with Gasteiger partial charge in [-0.05, 0) is 48.7 Å². The SMILES string of the molecule is COC(C)(C)c1ccc2c(c1)C(Cc1c(Cl)cnn1C)N(Cc1ccc3n[nH]nc3c1)C2=O. The minimum absolute atomic E-state index is 0.00434. The second-order valence-corrected chi connectivity index (χ2v) is 9.29. The van der Waals surface area contributed by atoms with Crippen molar-refractivity contribution in [3.63, 3.8) is 0 Å². The molecule has 0 fully saturated rings. The number of hydrogen-bond acceptors (Lipinski definition) is 5. The molecular formula is C24H25ClN6O2. The Morgan fingerprint density at radius 2 is 1.94 bits per heavy atom. The van der Waals surface area contributed by atoms with E-state index in [0.29, 0.717) is 23.6 Å². The highest BCUT2D eigenvalue weighted by atomic mass is 35.5. The molecular weight excluding hydrogens is 440 g/mol. The summed E-state index contributed by atoms with van der Waals surface area (Å²) in [6, 6.07) is 11.6. The highest BCUT2D eigenvalue weighted by Crippen LogP contribution is 2.40. The molecule has 5 rings (SSSR count). The van der Waals surface area contributed by atoms with Crippen molar-refractivity contribution in [2.75, 3.05) is 7.11 Å². The summed E-state index contributed by atoms with van der Waals surface area (Å²) < 4.78 is 7.47. The number of carbonyl (C=O) groups excluding carboxylic acids is 1. The first-order valence-corrected chi connectivity index (χ1v) is 11.1. The summed E-state index contributed by atoms with van der Waals surface area (Å²) in [5.74, 6) is -0.00434. The fourth-order valence-corrected chi connectivity index (χ4v) is 4.66. The van der Waals surface area contributed by atoms with E-state index in [1.807, 2.05) is 56.1 Å². The van der Waals surface area contributed by atoms with Crippen molar-refractivity contribution in [1.29, 1.82) is 0 Å². The van der Waals surface area contributed by atoms with Crippen LogP contribution in [-0.2, 0) is 30.4 Å². The van der Waals surface area contributed by atoms with Crippen LogP contribution >= 0.6 is 11.6 Å². The van der Waals surface area contributed by atoms with Crippen LogP contribution in [0.5, 0.6) is 0 Å². The number of fused-ring (bicyclic) bond motifs is 2. The van der Waals surface area contributed by atoms with Crippen LogP contribution in [0.3, 0.4) is 0 Å². The summed E-state index contributed by atoms with van der Waals surface area (Å²) in [7, 11) is 3.56. The number of aromatic nitrogens is 5. The van der Waals surface area contributed by atoms with E-state index in [1.54, 1.807) is 18.0 Å². The molecule has 33 heavy (non-hydrogen) atoms. The molecule has 0 bridgehead atoms. The second kappa shape index (κ2) is 7.97. The number of aromatic amines is 1. The van der Waals surface area contributed by atoms with Gasteiger partial charge in [0, 0.05) is 32.7 Å². The minimum atomic E-state index is -0.474. The summed E-state index contributed by atoms with van der Waals surface area (Å²) in [5.41, 5.74) is 5.65. The first kappa shape index (κ1) is 21.6. The van der Waals surface area contributed by atoms with Crippen molar-refractivity contribution in [2.24, 2.45) is 7.05 Å². The molecule has 1 aliphatic rings. The second-order valence-electron chi connectivity index (χ2n) is 8.88. The van der Waals surface area contributed by atoms with Crippen LogP contribution in [0.25, 0.3) is 11.0 Å². The van der Waals surface area contributed by atoms with E-state index in [2.05, 4.69) is 26.6 Å². The number of halogens is 1. The minimum Gasteiger partial charge on any atom is -0.374 e. The van der Waals surface area contributed by atoms with E-state index < -0.39 is 5.60 Å². The number of aryl methyl sites for hydroxylation is 1. The standard InChI is InChI=1S/C24H25ClN6O2/c1-24(2,33-4)15-6-7-16-17(10-15)21(11-22-18(25)12-26-30(22)3)31(23(16)32)13-14-5-8-19-20(9-14)28-29-27-19/h5-10,12,21H,11,13H2,1-4H3,(H,27,28,29). The van der Waals surface area contributed by atoms with Crippen LogP contribution in [0.15, 0.2) is 42.6 Å². The Labute approximate surface area is 196 Å². The van der Waals surface area contributed by atoms with E-state index in [0.717, 1.165) is 33.4 Å². The normalized spacial score (nSPS) is 16.1. The predicted molar refractivity (Wildman–Crippen MR) is 125 cm³/mol. The number of rotatable bonds is 6. The van der Waals surface area contributed by atoms with Gasteiger partial charge in [-0.15, -0.1) is 0 Å². The number of methoxy groups -OCH3 is 1. The Hall–Kier alpha value is -3.23. The molecule has 0 spiro atoms. The van der Waals surface area contributed by atoms with E-state index in [-0.39, 0.29) is 11.9 Å². The van der Waals surface area contributed by atoms with Crippen molar-refractivity contribution in [2.45, 2.75) is 38.5 Å². The van der Waals surface area contributed by atoms with Gasteiger partial charge in [-0.3, -0.25) is 9.48 Å². The smallest absolute Gasteiger partial charge is 0.255 e. The molecule has 1 amide bonds. The zero-order valence-electron chi connectivity index (χ0n) is 19.0. The Bertz CT molecular complexity index is 1340. The summed E-state index contributed by atoms with van der Waals surface area (Å²) in [6.45, 7) is 4.48. The molecule has 170 valence electrons. The average molecular weight is 465 g/mol. The third-order valence-corrected chi connectivity index (χ3v) is 6.93. The zero-order valence-corrected chi connectivity index (χ0v) is 19.7. The highest BCUT2D eigenvalue weighted by molar-refractivity contribution is 6.31. The number of carbonyl (C=O) groups is 1. The molecule has 0 saturated heterocycles. The highest BCUT2D eigenvalue weighted by Gasteiger charge is 2.38. The van der Waals surface area contributed by atoms with Gasteiger partial charge in [0.1, 0.15) is 11.0 Å². The molecule has 3 heterocycles.